The summed E-state index contributed by atoms with van der Waals surface area (Å²) in [6.45, 7) is 0.883. The smallest absolute Gasteiger partial charge is 0.251 e. The number of nitrogens with zero attached hydrogens (tertiary/aromatic N) is 1. The Morgan fingerprint density at radius 2 is 1.80 bits per heavy atom. The molecule has 1 unspecified atom stereocenters. The summed E-state index contributed by atoms with van der Waals surface area (Å²) in [5.74, 6) is -0.141. The molecule has 0 bridgehead atoms. The second kappa shape index (κ2) is 9.15. The third-order valence-electron chi connectivity index (χ3n) is 3.47. The van der Waals surface area contributed by atoms with Crippen LogP contribution in [0, 0.1) is 5.82 Å². The van der Waals surface area contributed by atoms with Gasteiger partial charge in [0.25, 0.3) is 5.91 Å². The summed E-state index contributed by atoms with van der Waals surface area (Å²) in [6, 6.07) is 12.9. The van der Waals surface area contributed by atoms with Crippen molar-refractivity contribution < 1.29 is 19.0 Å². The fourth-order valence-corrected chi connectivity index (χ4v) is 2.22. The molecule has 0 aromatic heterocycles. The number of aliphatic hydroxyl groups is 1. The first-order chi connectivity index (χ1) is 11.9. The van der Waals surface area contributed by atoms with E-state index in [1.54, 1.807) is 12.1 Å². The number of hydrogen-bond donors (Lipinski definition) is 2. The van der Waals surface area contributed by atoms with Gasteiger partial charge in [-0.25, -0.2) is 4.39 Å². The Balaban J connectivity index is 1.75. The van der Waals surface area contributed by atoms with Gasteiger partial charge in [0.1, 0.15) is 24.3 Å². The molecule has 134 valence electrons. The van der Waals surface area contributed by atoms with Gasteiger partial charge in [0.05, 0.1) is 0 Å². The minimum absolute atomic E-state index is 0.00762. The topological polar surface area (TPSA) is 61.8 Å². The van der Waals surface area contributed by atoms with E-state index in [1.807, 2.05) is 31.1 Å². The summed E-state index contributed by atoms with van der Waals surface area (Å²) in [7, 11) is 3.96. The third-order valence-corrected chi connectivity index (χ3v) is 3.47. The number of hydrogen-bond acceptors (Lipinski definition) is 4. The van der Waals surface area contributed by atoms with Gasteiger partial charge in [-0.2, -0.15) is 0 Å². The van der Waals surface area contributed by atoms with E-state index < -0.39 is 6.10 Å². The third kappa shape index (κ3) is 6.52. The lowest BCUT2D eigenvalue weighted by atomic mass is 10.1. The Morgan fingerprint density at radius 3 is 2.40 bits per heavy atom. The number of halogens is 1. The number of benzene rings is 2. The highest BCUT2D eigenvalue weighted by Gasteiger charge is 2.10. The summed E-state index contributed by atoms with van der Waals surface area (Å²) in [5, 5.41) is 12.5. The Morgan fingerprint density at radius 1 is 1.16 bits per heavy atom. The largest absolute Gasteiger partial charge is 0.491 e. The van der Waals surface area contributed by atoms with E-state index in [1.165, 1.54) is 24.3 Å². The summed E-state index contributed by atoms with van der Waals surface area (Å²) in [6.07, 6.45) is -0.859. The van der Waals surface area contributed by atoms with Crippen molar-refractivity contribution in [2.45, 2.75) is 12.6 Å². The zero-order valence-electron chi connectivity index (χ0n) is 14.4. The van der Waals surface area contributed by atoms with E-state index in [4.69, 9.17) is 4.74 Å². The fraction of sp³-hybridized carbons (Fsp3) is 0.316. The lowest BCUT2D eigenvalue weighted by molar-refractivity contribution is 0.0843. The predicted octanol–water partition coefficient (Wildman–Crippen LogP) is 2.06. The van der Waals surface area contributed by atoms with Crippen LogP contribution in [0.15, 0.2) is 48.5 Å². The van der Waals surface area contributed by atoms with Crippen LogP contribution in [0.25, 0.3) is 0 Å². The number of carbonyl (C=O) groups excluding carboxylic acids is 1. The number of aliphatic hydroxyl groups excluding tert-OH is 1. The summed E-state index contributed by atoms with van der Waals surface area (Å²) in [5.41, 5.74) is 1.66. The van der Waals surface area contributed by atoms with Crippen LogP contribution in [-0.2, 0) is 6.54 Å². The standard InChI is InChI=1S/C19H23FN2O3/c1-22(2)12-14-3-5-15(6-4-14)19(24)21-11-17(23)13-25-18-9-7-16(20)8-10-18/h3-10,17,23H,11-13H2,1-2H3,(H,21,24). The van der Waals surface area contributed by atoms with Crippen molar-refractivity contribution >= 4 is 5.91 Å². The Hall–Kier alpha value is -2.44. The number of rotatable bonds is 8. The molecule has 5 nitrogen and oxygen atoms in total. The van der Waals surface area contributed by atoms with Crippen LogP contribution >= 0.6 is 0 Å². The van der Waals surface area contributed by atoms with E-state index in [-0.39, 0.29) is 24.9 Å². The van der Waals surface area contributed by atoms with Crippen LogP contribution in [-0.4, -0.2) is 49.3 Å². The van der Waals surface area contributed by atoms with Gasteiger partial charge >= 0.3 is 0 Å². The summed E-state index contributed by atoms with van der Waals surface area (Å²) < 4.78 is 18.1. The van der Waals surface area contributed by atoms with Crippen LogP contribution in [0.4, 0.5) is 4.39 Å². The molecule has 2 N–H and O–H groups in total. The van der Waals surface area contributed by atoms with E-state index >= 15 is 0 Å². The maximum Gasteiger partial charge on any atom is 0.251 e. The molecule has 1 amide bonds. The zero-order valence-corrected chi connectivity index (χ0v) is 14.4. The molecular formula is C19H23FN2O3. The molecule has 0 spiro atoms. The minimum Gasteiger partial charge on any atom is -0.491 e. The van der Waals surface area contributed by atoms with Gasteiger partial charge in [0.15, 0.2) is 0 Å². The van der Waals surface area contributed by atoms with Gasteiger partial charge in [0, 0.05) is 18.7 Å². The lowest BCUT2D eigenvalue weighted by Gasteiger charge is -2.14. The van der Waals surface area contributed by atoms with Crippen molar-refractivity contribution in [3.05, 3.63) is 65.5 Å². The van der Waals surface area contributed by atoms with E-state index in [0.717, 1.165) is 12.1 Å². The molecule has 1 atom stereocenters. The van der Waals surface area contributed by atoms with Crippen LogP contribution < -0.4 is 10.1 Å². The van der Waals surface area contributed by atoms with Crippen molar-refractivity contribution in [1.82, 2.24) is 10.2 Å². The number of carbonyl (C=O) groups is 1. The maximum atomic E-state index is 12.8. The first-order valence-electron chi connectivity index (χ1n) is 8.02. The lowest BCUT2D eigenvalue weighted by Crippen LogP contribution is -2.35. The summed E-state index contributed by atoms with van der Waals surface area (Å²) in [4.78, 5) is 14.1. The first kappa shape index (κ1) is 18.9. The second-order valence-electron chi connectivity index (χ2n) is 6.06. The van der Waals surface area contributed by atoms with Crippen LogP contribution in [0.5, 0.6) is 5.75 Å². The van der Waals surface area contributed by atoms with Gasteiger partial charge in [-0.3, -0.25) is 4.79 Å². The first-order valence-corrected chi connectivity index (χ1v) is 8.02. The van der Waals surface area contributed by atoms with Crippen LogP contribution in [0.3, 0.4) is 0 Å². The van der Waals surface area contributed by atoms with Crippen molar-refractivity contribution in [2.24, 2.45) is 0 Å². The van der Waals surface area contributed by atoms with Gasteiger partial charge in [-0.05, 0) is 56.1 Å². The van der Waals surface area contributed by atoms with Gasteiger partial charge < -0.3 is 20.1 Å². The molecular weight excluding hydrogens is 323 g/mol. The molecule has 0 aliphatic rings. The molecule has 25 heavy (non-hydrogen) atoms. The molecule has 0 saturated heterocycles. The van der Waals surface area contributed by atoms with Crippen LogP contribution in [0.2, 0.25) is 0 Å². The Kier molecular flexibility index (Phi) is 6.91. The molecule has 2 aromatic rings. The maximum absolute atomic E-state index is 12.8. The van der Waals surface area contributed by atoms with E-state index in [0.29, 0.717) is 11.3 Å². The minimum atomic E-state index is -0.859. The number of amides is 1. The van der Waals surface area contributed by atoms with Crippen molar-refractivity contribution in [1.29, 1.82) is 0 Å². The Bertz CT molecular complexity index is 672. The van der Waals surface area contributed by atoms with Crippen molar-refractivity contribution in [3.8, 4) is 5.75 Å². The Labute approximate surface area is 147 Å². The molecule has 0 aliphatic carbocycles. The molecule has 0 aliphatic heterocycles. The predicted molar refractivity (Wildman–Crippen MR) is 94.1 cm³/mol. The van der Waals surface area contributed by atoms with Crippen molar-refractivity contribution in [3.63, 3.8) is 0 Å². The molecule has 2 aromatic carbocycles. The molecule has 0 fully saturated rings. The monoisotopic (exact) mass is 346 g/mol. The highest BCUT2D eigenvalue weighted by molar-refractivity contribution is 5.94. The van der Waals surface area contributed by atoms with Crippen molar-refractivity contribution in [2.75, 3.05) is 27.2 Å². The molecule has 6 heteroatoms. The van der Waals surface area contributed by atoms with E-state index in [9.17, 15) is 14.3 Å². The SMILES string of the molecule is CN(C)Cc1ccc(C(=O)NCC(O)COc2ccc(F)cc2)cc1. The van der Waals surface area contributed by atoms with E-state index in [2.05, 4.69) is 5.32 Å². The number of ether oxygens (including phenoxy) is 1. The van der Waals surface area contributed by atoms with Gasteiger partial charge in [0.2, 0.25) is 0 Å². The second-order valence-corrected chi connectivity index (χ2v) is 6.06. The summed E-state index contributed by atoms with van der Waals surface area (Å²) >= 11 is 0. The highest BCUT2D eigenvalue weighted by Crippen LogP contribution is 2.11. The molecule has 0 saturated carbocycles. The van der Waals surface area contributed by atoms with Crippen LogP contribution in [0.1, 0.15) is 15.9 Å². The fourth-order valence-electron chi connectivity index (χ4n) is 2.22. The normalized spacial score (nSPS) is 12.0. The molecule has 0 radical (unpaired) electrons. The molecule has 0 heterocycles. The quantitative estimate of drug-likeness (QED) is 0.768. The molecule has 2 rings (SSSR count). The average molecular weight is 346 g/mol. The number of nitrogens with one attached hydrogen (secondary N) is 1. The highest BCUT2D eigenvalue weighted by atomic mass is 19.1. The average Bonchev–Trinajstić information content (AvgIpc) is 2.59. The van der Waals surface area contributed by atoms with Gasteiger partial charge in [-0.15, -0.1) is 0 Å². The van der Waals surface area contributed by atoms with Gasteiger partial charge in [-0.1, -0.05) is 12.1 Å². The zero-order chi connectivity index (χ0) is 18.2.